The fraction of sp³-hybridized carbons (Fsp3) is 0.250. The summed E-state index contributed by atoms with van der Waals surface area (Å²) in [6, 6.07) is 7.30. The summed E-state index contributed by atoms with van der Waals surface area (Å²) in [4.78, 5) is 11.4. The normalized spacial score (nSPS) is 14.5. The first-order valence-corrected chi connectivity index (χ1v) is 4.67. The first kappa shape index (κ1) is 8.83. The van der Waals surface area contributed by atoms with Crippen molar-refractivity contribution in [2.45, 2.75) is 12.8 Å². The molecule has 1 aliphatic rings. The number of hydrogen-bond acceptors (Lipinski definition) is 1. The van der Waals surface area contributed by atoms with E-state index in [2.05, 4.69) is 11.2 Å². The third kappa shape index (κ3) is 1.94. The van der Waals surface area contributed by atoms with Gasteiger partial charge in [0.15, 0.2) is 0 Å². The van der Waals surface area contributed by atoms with Crippen molar-refractivity contribution in [2.75, 3.05) is 5.32 Å². The second kappa shape index (κ2) is 3.55. The Morgan fingerprint density at radius 2 is 2.00 bits per heavy atom. The molecule has 0 spiro atoms. The van der Waals surface area contributed by atoms with Gasteiger partial charge in [0, 0.05) is 17.2 Å². The first-order valence-electron chi connectivity index (χ1n) is 4.67. The largest absolute Gasteiger partial charge is 0.326 e. The highest BCUT2D eigenvalue weighted by molar-refractivity contribution is 5.94. The second-order valence-corrected chi connectivity index (χ2v) is 3.49. The van der Waals surface area contributed by atoms with Crippen molar-refractivity contribution in [3.05, 3.63) is 29.8 Å². The topological polar surface area (TPSA) is 29.1 Å². The average molecular weight is 185 g/mol. The summed E-state index contributed by atoms with van der Waals surface area (Å²) in [6.45, 7) is 0. The van der Waals surface area contributed by atoms with E-state index in [0.29, 0.717) is 0 Å². The minimum Gasteiger partial charge on any atom is -0.326 e. The zero-order valence-electron chi connectivity index (χ0n) is 7.79. The number of carbonyl (C=O) groups is 1. The lowest BCUT2D eigenvalue weighted by atomic mass is 10.2. The number of nitrogens with one attached hydrogen (secondary N) is 1. The molecule has 0 aliphatic heterocycles. The molecule has 2 heteroatoms. The highest BCUT2D eigenvalue weighted by Crippen LogP contribution is 2.30. The molecule has 1 N–H and O–H groups in total. The zero-order valence-corrected chi connectivity index (χ0v) is 7.79. The van der Waals surface area contributed by atoms with E-state index in [1.165, 1.54) is 0 Å². The van der Waals surface area contributed by atoms with Crippen LogP contribution in [0.4, 0.5) is 5.69 Å². The van der Waals surface area contributed by atoms with Crippen LogP contribution in [0, 0.1) is 18.3 Å². The Kier molecular flexibility index (Phi) is 2.24. The molecule has 0 bridgehead atoms. The van der Waals surface area contributed by atoms with Crippen LogP contribution in [0.3, 0.4) is 0 Å². The molecule has 0 aromatic heterocycles. The predicted octanol–water partition coefficient (Wildman–Crippen LogP) is 2.02. The van der Waals surface area contributed by atoms with Gasteiger partial charge in [0.25, 0.3) is 0 Å². The molecule has 1 fully saturated rings. The maximum Gasteiger partial charge on any atom is 0.227 e. The molecule has 0 saturated heterocycles. The van der Waals surface area contributed by atoms with E-state index < -0.39 is 0 Å². The standard InChI is InChI=1S/C12H11NO/c1-2-9-3-7-11(8-4-9)13-12(14)10-5-6-10/h1,3-4,7-8,10H,5-6H2,(H,13,14). The molecule has 70 valence electrons. The maximum absolute atomic E-state index is 11.4. The zero-order chi connectivity index (χ0) is 9.97. The molecule has 14 heavy (non-hydrogen) atoms. The maximum atomic E-state index is 11.4. The monoisotopic (exact) mass is 185 g/mol. The minimum absolute atomic E-state index is 0.124. The van der Waals surface area contributed by atoms with Crippen molar-refractivity contribution in [1.82, 2.24) is 0 Å². The third-order valence-corrected chi connectivity index (χ3v) is 2.27. The number of hydrogen-bond donors (Lipinski definition) is 1. The average Bonchev–Trinajstić information content (AvgIpc) is 3.02. The summed E-state index contributed by atoms with van der Waals surface area (Å²) in [6.07, 6.45) is 7.27. The fourth-order valence-corrected chi connectivity index (χ4v) is 1.24. The van der Waals surface area contributed by atoms with E-state index in [4.69, 9.17) is 6.42 Å². The van der Waals surface area contributed by atoms with Crippen LogP contribution < -0.4 is 5.32 Å². The Labute approximate surface area is 83.3 Å². The molecule has 1 saturated carbocycles. The predicted molar refractivity (Wildman–Crippen MR) is 55.7 cm³/mol. The van der Waals surface area contributed by atoms with Gasteiger partial charge in [-0.15, -0.1) is 6.42 Å². The van der Waals surface area contributed by atoms with E-state index in [0.717, 1.165) is 24.1 Å². The summed E-state index contributed by atoms with van der Waals surface area (Å²) in [5.74, 6) is 2.89. The molecule has 1 aromatic rings. The molecule has 1 aliphatic carbocycles. The quantitative estimate of drug-likeness (QED) is 0.702. The number of carbonyl (C=O) groups excluding carboxylic acids is 1. The molecule has 2 rings (SSSR count). The number of terminal acetylenes is 1. The van der Waals surface area contributed by atoms with Crippen molar-refractivity contribution in [2.24, 2.45) is 5.92 Å². The Balaban J connectivity index is 2.02. The second-order valence-electron chi connectivity index (χ2n) is 3.49. The van der Waals surface area contributed by atoms with Crippen LogP contribution in [-0.4, -0.2) is 5.91 Å². The molecule has 0 radical (unpaired) electrons. The molecule has 0 unspecified atom stereocenters. The molecular weight excluding hydrogens is 174 g/mol. The van der Waals surface area contributed by atoms with Crippen molar-refractivity contribution in [3.8, 4) is 12.3 Å². The summed E-state index contributed by atoms with van der Waals surface area (Å²) < 4.78 is 0. The summed E-state index contributed by atoms with van der Waals surface area (Å²) in [5, 5.41) is 2.85. The van der Waals surface area contributed by atoms with Crippen molar-refractivity contribution in [1.29, 1.82) is 0 Å². The molecule has 1 aromatic carbocycles. The molecule has 2 nitrogen and oxygen atoms in total. The smallest absolute Gasteiger partial charge is 0.227 e. The summed E-state index contributed by atoms with van der Waals surface area (Å²) >= 11 is 0. The Morgan fingerprint density at radius 1 is 1.36 bits per heavy atom. The number of anilines is 1. The number of benzene rings is 1. The van der Waals surface area contributed by atoms with Gasteiger partial charge in [0.1, 0.15) is 0 Å². The first-order chi connectivity index (χ1) is 6.79. The van der Waals surface area contributed by atoms with Crippen LogP contribution in [-0.2, 0) is 4.79 Å². The van der Waals surface area contributed by atoms with Crippen molar-refractivity contribution in [3.63, 3.8) is 0 Å². The van der Waals surface area contributed by atoms with Gasteiger partial charge < -0.3 is 5.32 Å². The Hall–Kier alpha value is -1.75. The molecule has 0 atom stereocenters. The highest BCUT2D eigenvalue weighted by atomic mass is 16.2. The Bertz CT molecular complexity index is 382. The summed E-state index contributed by atoms with van der Waals surface area (Å²) in [7, 11) is 0. The molecule has 1 amide bonds. The van der Waals surface area contributed by atoms with E-state index in [-0.39, 0.29) is 11.8 Å². The van der Waals surface area contributed by atoms with Crippen molar-refractivity contribution < 1.29 is 4.79 Å². The van der Waals surface area contributed by atoms with E-state index in [1.807, 2.05) is 24.3 Å². The lowest BCUT2D eigenvalue weighted by Crippen LogP contribution is -2.12. The van der Waals surface area contributed by atoms with Gasteiger partial charge in [0.2, 0.25) is 5.91 Å². The van der Waals surface area contributed by atoms with E-state index >= 15 is 0 Å². The SMILES string of the molecule is C#Cc1ccc(NC(=O)C2CC2)cc1. The van der Waals surface area contributed by atoms with Gasteiger partial charge in [-0.1, -0.05) is 5.92 Å². The van der Waals surface area contributed by atoms with E-state index in [9.17, 15) is 4.79 Å². The summed E-state index contributed by atoms with van der Waals surface area (Å²) in [5.41, 5.74) is 1.65. The van der Waals surface area contributed by atoms with Gasteiger partial charge in [-0.2, -0.15) is 0 Å². The van der Waals surface area contributed by atoms with Crippen LogP contribution in [0.1, 0.15) is 18.4 Å². The van der Waals surface area contributed by atoms with Crippen molar-refractivity contribution >= 4 is 11.6 Å². The molecule has 0 heterocycles. The lowest BCUT2D eigenvalue weighted by molar-refractivity contribution is -0.117. The highest BCUT2D eigenvalue weighted by Gasteiger charge is 2.29. The third-order valence-electron chi connectivity index (χ3n) is 2.27. The Morgan fingerprint density at radius 3 is 2.50 bits per heavy atom. The van der Waals surface area contributed by atoms with Crippen LogP contribution in [0.15, 0.2) is 24.3 Å². The fourth-order valence-electron chi connectivity index (χ4n) is 1.24. The minimum atomic E-state index is 0.124. The van der Waals surface area contributed by atoms with Gasteiger partial charge in [0.05, 0.1) is 0 Å². The van der Waals surface area contributed by atoms with Crippen LogP contribution in [0.25, 0.3) is 0 Å². The van der Waals surface area contributed by atoms with Gasteiger partial charge in [-0.05, 0) is 37.1 Å². The van der Waals surface area contributed by atoms with E-state index in [1.54, 1.807) is 0 Å². The number of rotatable bonds is 2. The lowest BCUT2D eigenvalue weighted by Gasteiger charge is -2.03. The van der Waals surface area contributed by atoms with Crippen LogP contribution in [0.2, 0.25) is 0 Å². The molecular formula is C12H11NO. The van der Waals surface area contributed by atoms with Crippen LogP contribution >= 0.6 is 0 Å². The van der Waals surface area contributed by atoms with Gasteiger partial charge in [-0.3, -0.25) is 4.79 Å². The van der Waals surface area contributed by atoms with Gasteiger partial charge >= 0.3 is 0 Å². The van der Waals surface area contributed by atoms with Crippen LogP contribution in [0.5, 0.6) is 0 Å². The number of amides is 1. The van der Waals surface area contributed by atoms with Gasteiger partial charge in [-0.25, -0.2) is 0 Å².